The molecule has 2 N–H and O–H groups in total. The van der Waals surface area contributed by atoms with Gasteiger partial charge in [-0.1, -0.05) is 0 Å². The molecule has 0 saturated heterocycles. The van der Waals surface area contributed by atoms with Crippen LogP contribution in [0.25, 0.3) is 0 Å². The maximum absolute atomic E-state index is 11.3. The van der Waals surface area contributed by atoms with Crippen molar-refractivity contribution in [2.75, 3.05) is 5.32 Å². The van der Waals surface area contributed by atoms with Crippen LogP contribution >= 0.6 is 0 Å². The summed E-state index contributed by atoms with van der Waals surface area (Å²) >= 11 is 0. The zero-order valence-corrected chi connectivity index (χ0v) is 11.4. The number of nitro benzene ring substituents is 1. The first-order chi connectivity index (χ1) is 10.1. The fourth-order valence-corrected chi connectivity index (χ4v) is 4.65. The number of nitrogens with one attached hydrogen (secondary N) is 1. The van der Waals surface area contributed by atoms with Gasteiger partial charge in [-0.25, -0.2) is 4.79 Å². The van der Waals surface area contributed by atoms with Crippen LogP contribution in [-0.4, -0.2) is 22.0 Å². The van der Waals surface area contributed by atoms with E-state index in [4.69, 9.17) is 0 Å². The third-order valence-electron chi connectivity index (χ3n) is 5.50. The Morgan fingerprint density at radius 3 is 2.52 bits per heavy atom. The molecule has 21 heavy (non-hydrogen) atoms. The van der Waals surface area contributed by atoms with Crippen molar-refractivity contribution in [1.29, 1.82) is 0 Å². The minimum atomic E-state index is -1.05. The molecule has 0 radical (unpaired) electrons. The average Bonchev–Trinajstić information content (AvgIpc) is 2.83. The summed E-state index contributed by atoms with van der Waals surface area (Å²) in [6.45, 7) is 0. The highest BCUT2D eigenvalue weighted by Crippen LogP contribution is 2.66. The number of benzene rings is 1. The van der Waals surface area contributed by atoms with E-state index in [-0.39, 0.29) is 11.3 Å². The van der Waals surface area contributed by atoms with Gasteiger partial charge in [-0.15, -0.1) is 0 Å². The van der Waals surface area contributed by atoms with E-state index >= 15 is 0 Å². The number of aromatic carboxylic acids is 1. The molecule has 1 aromatic carbocycles. The Morgan fingerprint density at radius 1 is 1.29 bits per heavy atom. The predicted molar refractivity (Wildman–Crippen MR) is 75.3 cm³/mol. The summed E-state index contributed by atoms with van der Waals surface area (Å²) in [6.07, 6.45) is 3.88. The lowest BCUT2D eigenvalue weighted by Crippen LogP contribution is -2.15. The van der Waals surface area contributed by atoms with Gasteiger partial charge in [0.15, 0.2) is 0 Å². The van der Waals surface area contributed by atoms with Crippen LogP contribution in [0.3, 0.4) is 0 Å². The Labute approximate surface area is 121 Å². The zero-order chi connectivity index (χ0) is 14.7. The molecule has 6 nitrogen and oxygen atoms in total. The summed E-state index contributed by atoms with van der Waals surface area (Å²) in [7, 11) is 0. The largest absolute Gasteiger partial charge is 0.478 e. The van der Waals surface area contributed by atoms with Crippen molar-refractivity contribution in [2.24, 2.45) is 23.7 Å². The number of hydrogen-bond donors (Lipinski definition) is 2. The number of rotatable bonds is 4. The molecule has 0 aromatic heterocycles. The molecule has 3 aliphatic carbocycles. The summed E-state index contributed by atoms with van der Waals surface area (Å²) in [6, 6.07) is 4.21. The van der Waals surface area contributed by atoms with E-state index in [0.717, 1.165) is 11.8 Å². The molecule has 3 saturated carbocycles. The molecule has 4 rings (SSSR count). The highest BCUT2D eigenvalue weighted by molar-refractivity contribution is 5.95. The molecular formula is C15H16N2O4. The monoisotopic (exact) mass is 288 g/mol. The molecule has 4 unspecified atom stereocenters. The zero-order valence-electron chi connectivity index (χ0n) is 11.4. The SMILES string of the molecule is O=C(O)c1ccc([N+](=O)[O-])cc1NC1C2C3CCC(C3)C12. The number of nitro groups is 1. The molecule has 0 amide bonds. The first-order valence-electron chi connectivity index (χ1n) is 7.34. The minimum Gasteiger partial charge on any atom is -0.478 e. The van der Waals surface area contributed by atoms with Gasteiger partial charge in [-0.2, -0.15) is 0 Å². The van der Waals surface area contributed by atoms with Gasteiger partial charge < -0.3 is 10.4 Å². The standard InChI is InChI=1S/C15H16N2O4/c18-15(19)10-4-3-9(17(20)21)6-11(10)16-14-12-7-1-2-8(5-7)13(12)14/h3-4,6-8,12-14,16H,1-2,5H2,(H,18,19). The van der Waals surface area contributed by atoms with Gasteiger partial charge in [0.25, 0.3) is 5.69 Å². The predicted octanol–water partition coefficient (Wildman–Crippen LogP) is 2.75. The molecule has 3 fully saturated rings. The molecule has 1 aromatic rings. The van der Waals surface area contributed by atoms with E-state index in [1.807, 2.05) is 0 Å². The molecule has 0 spiro atoms. The van der Waals surface area contributed by atoms with Gasteiger partial charge >= 0.3 is 5.97 Å². The summed E-state index contributed by atoms with van der Waals surface area (Å²) in [5.74, 6) is 1.77. The molecule has 3 aliphatic rings. The Balaban J connectivity index is 1.61. The highest BCUT2D eigenvalue weighted by Gasteiger charge is 2.65. The van der Waals surface area contributed by atoms with Gasteiger partial charge in [0, 0.05) is 18.2 Å². The topological polar surface area (TPSA) is 92.5 Å². The van der Waals surface area contributed by atoms with Gasteiger partial charge in [0.1, 0.15) is 0 Å². The van der Waals surface area contributed by atoms with E-state index in [9.17, 15) is 20.0 Å². The van der Waals surface area contributed by atoms with Crippen molar-refractivity contribution in [2.45, 2.75) is 25.3 Å². The van der Waals surface area contributed by atoms with Crippen molar-refractivity contribution >= 4 is 17.3 Å². The molecular weight excluding hydrogens is 272 g/mol. The number of carbonyl (C=O) groups is 1. The van der Waals surface area contributed by atoms with E-state index in [1.165, 1.54) is 37.5 Å². The Kier molecular flexibility index (Phi) is 2.52. The fraction of sp³-hybridized carbons (Fsp3) is 0.533. The van der Waals surface area contributed by atoms with E-state index in [0.29, 0.717) is 23.6 Å². The lowest BCUT2D eigenvalue weighted by atomic mass is 10.0. The summed E-state index contributed by atoms with van der Waals surface area (Å²) in [5.41, 5.74) is 0.421. The van der Waals surface area contributed by atoms with Crippen LogP contribution in [-0.2, 0) is 0 Å². The quantitative estimate of drug-likeness (QED) is 0.656. The highest BCUT2D eigenvalue weighted by atomic mass is 16.6. The molecule has 110 valence electrons. The normalized spacial score (nSPS) is 35.3. The van der Waals surface area contributed by atoms with Gasteiger partial charge in [-0.05, 0) is 49.0 Å². The molecule has 4 atom stereocenters. The van der Waals surface area contributed by atoms with Crippen molar-refractivity contribution < 1.29 is 14.8 Å². The maximum atomic E-state index is 11.3. The van der Waals surface area contributed by atoms with Gasteiger partial charge in [-0.3, -0.25) is 10.1 Å². The smallest absolute Gasteiger partial charge is 0.337 e. The average molecular weight is 288 g/mol. The van der Waals surface area contributed by atoms with E-state index in [1.54, 1.807) is 0 Å². The number of non-ortho nitro benzene ring substituents is 1. The summed E-state index contributed by atoms with van der Waals surface area (Å²) in [4.78, 5) is 21.7. The van der Waals surface area contributed by atoms with Crippen LogP contribution in [0.4, 0.5) is 11.4 Å². The molecule has 0 heterocycles. The second-order valence-electron chi connectivity index (χ2n) is 6.45. The Morgan fingerprint density at radius 2 is 1.95 bits per heavy atom. The lowest BCUT2D eigenvalue weighted by molar-refractivity contribution is -0.384. The van der Waals surface area contributed by atoms with E-state index in [2.05, 4.69) is 5.32 Å². The minimum absolute atomic E-state index is 0.0729. The number of anilines is 1. The van der Waals surface area contributed by atoms with Crippen molar-refractivity contribution in [3.63, 3.8) is 0 Å². The summed E-state index contributed by atoms with van der Waals surface area (Å²) in [5, 5.41) is 23.4. The first kappa shape index (κ1) is 12.6. The van der Waals surface area contributed by atoms with Gasteiger partial charge in [0.2, 0.25) is 0 Å². The molecule has 6 heteroatoms. The number of fused-ring (bicyclic) bond motifs is 5. The van der Waals surface area contributed by atoms with Crippen molar-refractivity contribution in [3.8, 4) is 0 Å². The molecule has 2 bridgehead atoms. The second-order valence-corrected chi connectivity index (χ2v) is 6.45. The number of nitrogens with zero attached hydrogens (tertiary/aromatic N) is 1. The lowest BCUT2D eigenvalue weighted by Gasteiger charge is -2.13. The second kappa shape index (κ2) is 4.19. The third-order valence-corrected chi connectivity index (χ3v) is 5.50. The summed E-state index contributed by atoms with van der Waals surface area (Å²) < 4.78 is 0. The first-order valence-corrected chi connectivity index (χ1v) is 7.34. The Hall–Kier alpha value is -2.11. The van der Waals surface area contributed by atoms with Crippen LogP contribution in [0.5, 0.6) is 0 Å². The third kappa shape index (κ3) is 1.81. The van der Waals surface area contributed by atoms with Crippen LogP contribution in [0.15, 0.2) is 18.2 Å². The van der Waals surface area contributed by atoms with Crippen LogP contribution < -0.4 is 5.32 Å². The fourth-order valence-electron chi connectivity index (χ4n) is 4.65. The number of carboxylic acid groups (broad SMARTS) is 1. The number of carboxylic acids is 1. The van der Waals surface area contributed by atoms with Crippen LogP contribution in [0, 0.1) is 33.8 Å². The van der Waals surface area contributed by atoms with Crippen molar-refractivity contribution in [1.82, 2.24) is 0 Å². The Bertz CT molecular complexity index is 629. The van der Waals surface area contributed by atoms with Crippen LogP contribution in [0.1, 0.15) is 29.6 Å². The molecule has 0 aliphatic heterocycles. The van der Waals surface area contributed by atoms with E-state index < -0.39 is 10.9 Å². The van der Waals surface area contributed by atoms with Crippen LogP contribution in [0.2, 0.25) is 0 Å². The van der Waals surface area contributed by atoms with Gasteiger partial charge in [0.05, 0.1) is 16.2 Å². The van der Waals surface area contributed by atoms with Crippen molar-refractivity contribution in [3.05, 3.63) is 33.9 Å². The maximum Gasteiger partial charge on any atom is 0.337 e. The number of hydrogen-bond acceptors (Lipinski definition) is 4.